The van der Waals surface area contributed by atoms with E-state index in [2.05, 4.69) is 289 Å². The molecule has 1 spiro atoms. The number of hydrogen-bond acceptors (Lipinski definition) is 1. The first-order valence-electron chi connectivity index (χ1n) is 25.6. The van der Waals surface area contributed by atoms with Gasteiger partial charge in [-0.25, -0.2) is 0 Å². The van der Waals surface area contributed by atoms with E-state index in [9.17, 15) is 0 Å². The van der Waals surface area contributed by atoms with Crippen LogP contribution in [0.1, 0.15) is 28.7 Å². The van der Waals surface area contributed by atoms with E-state index >= 15 is 0 Å². The third kappa shape index (κ3) is 7.02. The van der Waals surface area contributed by atoms with Crippen LogP contribution in [0.2, 0.25) is 0 Å². The Kier molecular flexibility index (Phi) is 10.3. The third-order valence-electron chi connectivity index (χ3n) is 15.6. The lowest BCUT2D eigenvalue weighted by Gasteiger charge is -2.35. The molecule has 0 amide bonds. The summed E-state index contributed by atoms with van der Waals surface area (Å²) >= 11 is 0. The number of benzene rings is 11. The molecule has 2 aliphatic carbocycles. The van der Waals surface area contributed by atoms with Gasteiger partial charge in [0.1, 0.15) is 0 Å². The topological polar surface area (TPSA) is 8.17 Å². The summed E-state index contributed by atoms with van der Waals surface area (Å²) < 4.78 is 2.38. The van der Waals surface area contributed by atoms with Crippen molar-refractivity contribution in [2.75, 3.05) is 4.90 Å². The van der Waals surface area contributed by atoms with Crippen molar-refractivity contribution in [2.45, 2.75) is 11.8 Å². The molecule has 0 atom stereocenters. The highest BCUT2D eigenvalue weighted by atomic mass is 15.1. The van der Waals surface area contributed by atoms with Crippen LogP contribution in [0.25, 0.3) is 88.3 Å². The second-order valence-electron chi connectivity index (χ2n) is 19.7. The van der Waals surface area contributed by atoms with Crippen molar-refractivity contribution in [1.29, 1.82) is 0 Å². The molecule has 1 heterocycles. The van der Waals surface area contributed by atoms with E-state index in [1.54, 1.807) is 0 Å². The SMILES string of the molecule is C=C1/C=C\C=C/CC2(c3cc(N(c4ccc(-c5cccc6ccccc56)cc4)c4cccc(-c5cccc(-c6ccc7c(c6)c6ccccc6n7-c6ccccc6)c5)c4)ccc31)c1ccccc1-c1ccccc12. The predicted octanol–water partition coefficient (Wildman–Crippen LogP) is 19.3. The van der Waals surface area contributed by atoms with E-state index in [0.717, 1.165) is 51.4 Å². The molecule has 0 radical (unpaired) electrons. The molecule has 348 valence electrons. The first-order valence-corrected chi connectivity index (χ1v) is 25.6. The Bertz CT molecular complexity index is 4190. The normalized spacial score (nSPS) is 14.2. The lowest BCUT2D eigenvalue weighted by atomic mass is 9.68. The van der Waals surface area contributed by atoms with Crippen LogP contribution in [0.4, 0.5) is 17.1 Å². The molecule has 1 aromatic heterocycles. The van der Waals surface area contributed by atoms with Crippen molar-refractivity contribution in [3.05, 3.63) is 308 Å². The van der Waals surface area contributed by atoms with E-state index in [0.29, 0.717) is 0 Å². The van der Waals surface area contributed by atoms with Gasteiger partial charge in [-0.3, -0.25) is 0 Å². The minimum absolute atomic E-state index is 0.449. The molecule has 0 saturated heterocycles. The van der Waals surface area contributed by atoms with Gasteiger partial charge in [-0.15, -0.1) is 0 Å². The number of allylic oxidation sites excluding steroid dienone is 5. The highest BCUT2D eigenvalue weighted by molar-refractivity contribution is 6.10. The molecule has 12 aromatic rings. The average Bonchev–Trinajstić information content (AvgIpc) is 3.97. The number of rotatable bonds is 7. The van der Waals surface area contributed by atoms with Crippen molar-refractivity contribution < 1.29 is 0 Å². The summed E-state index contributed by atoms with van der Waals surface area (Å²) in [6, 6.07) is 93.9. The molecule has 0 N–H and O–H groups in total. The number of aromatic nitrogens is 1. The van der Waals surface area contributed by atoms with Crippen LogP contribution in [0.5, 0.6) is 0 Å². The summed E-state index contributed by atoms with van der Waals surface area (Å²) in [5.41, 5.74) is 22.0. The summed E-state index contributed by atoms with van der Waals surface area (Å²) in [6.45, 7) is 4.70. The van der Waals surface area contributed by atoms with Gasteiger partial charge in [0.15, 0.2) is 0 Å². The molecule has 11 aromatic carbocycles. The summed E-state index contributed by atoms with van der Waals surface area (Å²) in [6.07, 6.45) is 9.63. The van der Waals surface area contributed by atoms with E-state index in [4.69, 9.17) is 6.58 Å². The van der Waals surface area contributed by atoms with Gasteiger partial charge in [-0.05, 0) is 162 Å². The fraction of sp³-hybridized carbons (Fsp3) is 0.0278. The molecule has 0 fully saturated rings. The van der Waals surface area contributed by atoms with Crippen molar-refractivity contribution in [3.63, 3.8) is 0 Å². The van der Waals surface area contributed by atoms with Gasteiger partial charge in [0, 0.05) is 33.5 Å². The molecule has 2 heteroatoms. The van der Waals surface area contributed by atoms with Crippen LogP contribution < -0.4 is 4.90 Å². The lowest BCUT2D eigenvalue weighted by molar-refractivity contribution is 0.643. The number of para-hydroxylation sites is 2. The minimum atomic E-state index is -0.449. The first-order chi connectivity index (χ1) is 36.6. The maximum atomic E-state index is 4.70. The van der Waals surface area contributed by atoms with Gasteiger partial charge in [0.05, 0.1) is 16.4 Å². The molecule has 0 bridgehead atoms. The summed E-state index contributed by atoms with van der Waals surface area (Å²) in [4.78, 5) is 2.44. The summed E-state index contributed by atoms with van der Waals surface area (Å²) in [5.74, 6) is 0. The Morgan fingerprint density at radius 1 is 0.365 bits per heavy atom. The summed E-state index contributed by atoms with van der Waals surface area (Å²) in [5, 5.41) is 4.97. The second kappa shape index (κ2) is 17.7. The molecule has 0 aliphatic heterocycles. The smallest absolute Gasteiger partial charge is 0.0541 e. The number of hydrogen-bond donors (Lipinski definition) is 0. The monoisotopic (exact) mass is 942 g/mol. The van der Waals surface area contributed by atoms with Crippen LogP contribution in [-0.4, -0.2) is 4.57 Å². The van der Waals surface area contributed by atoms with Crippen LogP contribution in [-0.2, 0) is 5.41 Å². The van der Waals surface area contributed by atoms with Gasteiger partial charge >= 0.3 is 0 Å². The van der Waals surface area contributed by atoms with E-state index in [1.165, 1.54) is 82.6 Å². The molecular weight excluding hydrogens is 893 g/mol. The fourth-order valence-electron chi connectivity index (χ4n) is 12.3. The maximum absolute atomic E-state index is 4.70. The Labute approximate surface area is 432 Å². The average molecular weight is 943 g/mol. The first kappa shape index (κ1) is 43.3. The standard InChI is InChI=1S/C72H50N2/c1-49-19-4-3-15-44-72(67-33-12-9-29-63(67)64-30-10-13-34-68(64)72)69-48-59(41-42-60(49)69)73(57-39-36-51(37-40-57)62-32-18-21-50-20-7-8-28-61(50)62)58-27-17-24-54(46-58)52-22-16-23-53(45-52)55-38-43-71-66(47-55)65-31-11-14-35-70(65)74(71)56-25-5-2-6-26-56/h2-43,45-48H,1,44H2/b15-3-,19-4-. The molecule has 0 unspecified atom stereocenters. The lowest BCUT2D eigenvalue weighted by Crippen LogP contribution is -2.28. The Balaban J connectivity index is 0.923. The quantitative estimate of drug-likeness (QED) is 0.155. The molecule has 2 aliphatic rings. The Hall–Kier alpha value is -9.50. The van der Waals surface area contributed by atoms with Crippen LogP contribution in [0.15, 0.2) is 286 Å². The zero-order chi connectivity index (χ0) is 49.2. The van der Waals surface area contributed by atoms with E-state index in [1.807, 2.05) is 0 Å². The molecule has 74 heavy (non-hydrogen) atoms. The molecule has 0 saturated carbocycles. The summed E-state index contributed by atoms with van der Waals surface area (Å²) in [7, 11) is 0. The highest BCUT2D eigenvalue weighted by Gasteiger charge is 2.45. The van der Waals surface area contributed by atoms with Gasteiger partial charge in [0.25, 0.3) is 0 Å². The zero-order valence-corrected chi connectivity index (χ0v) is 40.9. The number of fused-ring (bicyclic) bond motifs is 11. The van der Waals surface area contributed by atoms with Crippen LogP contribution in [0.3, 0.4) is 0 Å². The maximum Gasteiger partial charge on any atom is 0.0541 e. The second-order valence-corrected chi connectivity index (χ2v) is 19.7. The zero-order valence-electron chi connectivity index (χ0n) is 40.9. The van der Waals surface area contributed by atoms with Gasteiger partial charge in [-0.1, -0.05) is 213 Å². The minimum Gasteiger partial charge on any atom is -0.310 e. The fourth-order valence-corrected chi connectivity index (χ4v) is 12.3. The van der Waals surface area contributed by atoms with Crippen molar-refractivity contribution in [1.82, 2.24) is 4.57 Å². The highest BCUT2D eigenvalue weighted by Crippen LogP contribution is 2.57. The third-order valence-corrected chi connectivity index (χ3v) is 15.6. The predicted molar refractivity (Wildman–Crippen MR) is 313 cm³/mol. The number of anilines is 3. The largest absolute Gasteiger partial charge is 0.310 e. The van der Waals surface area contributed by atoms with Crippen molar-refractivity contribution in [3.8, 4) is 50.2 Å². The van der Waals surface area contributed by atoms with Crippen molar-refractivity contribution >= 4 is 55.2 Å². The molecule has 14 rings (SSSR count). The van der Waals surface area contributed by atoms with Gasteiger partial charge in [0.2, 0.25) is 0 Å². The molecular formula is C72H50N2. The van der Waals surface area contributed by atoms with Gasteiger partial charge in [-0.2, -0.15) is 0 Å². The Morgan fingerprint density at radius 2 is 0.946 bits per heavy atom. The van der Waals surface area contributed by atoms with E-state index < -0.39 is 5.41 Å². The Morgan fingerprint density at radius 3 is 1.74 bits per heavy atom. The van der Waals surface area contributed by atoms with Crippen LogP contribution in [0, 0.1) is 0 Å². The van der Waals surface area contributed by atoms with E-state index in [-0.39, 0.29) is 0 Å². The molecule has 2 nitrogen and oxygen atoms in total. The van der Waals surface area contributed by atoms with Crippen molar-refractivity contribution in [2.24, 2.45) is 0 Å². The van der Waals surface area contributed by atoms with Crippen LogP contribution >= 0.6 is 0 Å². The number of nitrogens with zero attached hydrogens (tertiary/aromatic N) is 2. The van der Waals surface area contributed by atoms with Gasteiger partial charge < -0.3 is 9.47 Å².